The maximum absolute atomic E-state index is 11.9. The first-order valence-electron chi connectivity index (χ1n) is 15.8. The van der Waals surface area contributed by atoms with E-state index >= 15 is 0 Å². The number of amides is 1. The highest BCUT2D eigenvalue weighted by atomic mass is 16.6. The number of benzene rings is 2. The second-order valence-corrected chi connectivity index (χ2v) is 9.60. The number of carbonyl (C=O) groups excluding carboxylic acids is 1. The van der Waals surface area contributed by atoms with Crippen LogP contribution < -0.4 is 15.8 Å². The molecule has 0 aliphatic heterocycles. The molecule has 2 aromatic rings. The topological polar surface area (TPSA) is 147 Å². The lowest BCUT2D eigenvalue weighted by molar-refractivity contribution is -0.0234. The summed E-state index contributed by atoms with van der Waals surface area (Å²) in [5.41, 5.74) is 7.21. The van der Waals surface area contributed by atoms with Crippen molar-refractivity contribution < 1.29 is 52.2 Å². The van der Waals surface area contributed by atoms with E-state index in [9.17, 15) is 4.79 Å². The summed E-state index contributed by atoms with van der Waals surface area (Å²) in [6.45, 7) is 9.66. The number of nitrogens with two attached hydrogens (primary N) is 1. The van der Waals surface area contributed by atoms with Crippen LogP contribution in [0.5, 0.6) is 5.75 Å². The molecule has 2 rings (SSSR count). The van der Waals surface area contributed by atoms with Gasteiger partial charge in [0.15, 0.2) is 0 Å². The van der Waals surface area contributed by atoms with Crippen molar-refractivity contribution in [3.05, 3.63) is 65.7 Å². The molecule has 0 atom stereocenters. The monoisotopic (exact) mass is 652 g/mol. The summed E-state index contributed by atoms with van der Waals surface area (Å²) in [6, 6.07) is 17.0. The summed E-state index contributed by atoms with van der Waals surface area (Å²) in [4.78, 5) is 11.9. The standard InChI is InChI=1S/C33H52N2O11/c34-10-11-37-12-13-38-14-15-39-16-17-40-18-19-41-20-21-42-22-23-43-24-25-44-26-27-45-32-8-6-30(7-9-32)28-35-33(36)46-29-31-4-2-1-3-5-31/h1-9H,10-29,34H2,(H,35,36). The van der Waals surface area contributed by atoms with E-state index < -0.39 is 6.09 Å². The summed E-state index contributed by atoms with van der Waals surface area (Å²) < 4.78 is 54.4. The van der Waals surface area contributed by atoms with Gasteiger partial charge in [-0.3, -0.25) is 0 Å². The van der Waals surface area contributed by atoms with Gasteiger partial charge in [0.1, 0.15) is 19.0 Å². The van der Waals surface area contributed by atoms with Gasteiger partial charge in [0, 0.05) is 13.1 Å². The fourth-order valence-corrected chi connectivity index (χ4v) is 3.60. The van der Waals surface area contributed by atoms with Crippen LogP contribution in [0.2, 0.25) is 0 Å². The molecule has 0 aromatic heterocycles. The first kappa shape index (κ1) is 39.3. The van der Waals surface area contributed by atoms with E-state index in [0.717, 1.165) is 16.9 Å². The second kappa shape index (κ2) is 29.5. The molecule has 0 aliphatic carbocycles. The molecule has 0 saturated heterocycles. The zero-order valence-electron chi connectivity index (χ0n) is 26.9. The molecule has 3 N–H and O–H groups in total. The summed E-state index contributed by atoms with van der Waals surface area (Å²) in [5, 5.41) is 2.74. The molecule has 0 heterocycles. The summed E-state index contributed by atoms with van der Waals surface area (Å²) >= 11 is 0. The van der Waals surface area contributed by atoms with Crippen LogP contribution in [0.4, 0.5) is 4.79 Å². The van der Waals surface area contributed by atoms with Gasteiger partial charge in [0.25, 0.3) is 0 Å². The van der Waals surface area contributed by atoms with E-state index in [2.05, 4.69) is 5.32 Å². The molecule has 13 heteroatoms. The van der Waals surface area contributed by atoms with Gasteiger partial charge < -0.3 is 58.4 Å². The number of carbonyl (C=O) groups is 1. The normalized spacial score (nSPS) is 11.1. The second-order valence-electron chi connectivity index (χ2n) is 9.60. The van der Waals surface area contributed by atoms with Crippen molar-refractivity contribution >= 4 is 6.09 Å². The fourth-order valence-electron chi connectivity index (χ4n) is 3.60. The van der Waals surface area contributed by atoms with Crippen LogP contribution in [0, 0.1) is 0 Å². The highest BCUT2D eigenvalue weighted by Gasteiger charge is 2.03. The lowest BCUT2D eigenvalue weighted by Crippen LogP contribution is -2.23. The third kappa shape index (κ3) is 23.5. The predicted octanol–water partition coefficient (Wildman–Crippen LogP) is 2.58. The zero-order chi connectivity index (χ0) is 32.6. The van der Waals surface area contributed by atoms with Crippen molar-refractivity contribution in [3.63, 3.8) is 0 Å². The Bertz CT molecular complexity index is 954. The molecule has 0 saturated carbocycles. The minimum atomic E-state index is -0.459. The van der Waals surface area contributed by atoms with E-state index in [-0.39, 0.29) is 6.61 Å². The Hall–Kier alpha value is -2.85. The molecule has 13 nitrogen and oxygen atoms in total. The molecule has 46 heavy (non-hydrogen) atoms. The van der Waals surface area contributed by atoms with Gasteiger partial charge in [-0.2, -0.15) is 0 Å². The van der Waals surface area contributed by atoms with Gasteiger partial charge in [-0.25, -0.2) is 4.79 Å². The Morgan fingerprint density at radius 3 is 1.35 bits per heavy atom. The van der Waals surface area contributed by atoms with Crippen LogP contribution in [0.3, 0.4) is 0 Å². The van der Waals surface area contributed by atoms with Crippen molar-refractivity contribution in [3.8, 4) is 5.75 Å². The molecule has 1 amide bonds. The van der Waals surface area contributed by atoms with Gasteiger partial charge >= 0.3 is 6.09 Å². The van der Waals surface area contributed by atoms with Crippen LogP contribution >= 0.6 is 0 Å². The van der Waals surface area contributed by atoms with E-state index in [1.54, 1.807) is 0 Å². The number of rotatable bonds is 31. The lowest BCUT2D eigenvalue weighted by Gasteiger charge is -2.10. The number of ether oxygens (including phenoxy) is 10. The van der Waals surface area contributed by atoms with E-state index in [1.165, 1.54) is 0 Å². The van der Waals surface area contributed by atoms with Crippen LogP contribution in [0.1, 0.15) is 11.1 Å². The summed E-state index contributed by atoms with van der Waals surface area (Å²) in [6.07, 6.45) is -0.459. The van der Waals surface area contributed by atoms with E-state index in [0.29, 0.717) is 125 Å². The van der Waals surface area contributed by atoms with Crippen molar-refractivity contribution in [2.24, 2.45) is 5.73 Å². The Morgan fingerprint density at radius 1 is 0.500 bits per heavy atom. The number of nitrogens with one attached hydrogen (secondary N) is 1. The number of hydrogen-bond acceptors (Lipinski definition) is 12. The average molecular weight is 653 g/mol. The Labute approximate surface area is 272 Å². The largest absolute Gasteiger partial charge is 0.491 e. The minimum absolute atomic E-state index is 0.237. The van der Waals surface area contributed by atoms with Gasteiger partial charge in [0.2, 0.25) is 0 Å². The molecule has 0 spiro atoms. The molecule has 260 valence electrons. The Balaban J connectivity index is 1.26. The SMILES string of the molecule is NCCOCCOCCOCCOCCOCCOCCOCCOCCOc1ccc(CNC(=O)OCc2ccccc2)cc1. The van der Waals surface area contributed by atoms with Crippen molar-refractivity contribution in [1.82, 2.24) is 5.32 Å². The average Bonchev–Trinajstić information content (AvgIpc) is 3.09. The Morgan fingerprint density at radius 2 is 0.913 bits per heavy atom. The van der Waals surface area contributed by atoms with Crippen molar-refractivity contribution in [2.75, 3.05) is 119 Å². The molecular weight excluding hydrogens is 600 g/mol. The van der Waals surface area contributed by atoms with Gasteiger partial charge in [-0.15, -0.1) is 0 Å². The van der Waals surface area contributed by atoms with Crippen LogP contribution in [-0.4, -0.2) is 125 Å². The minimum Gasteiger partial charge on any atom is -0.491 e. The third-order valence-corrected chi connectivity index (χ3v) is 5.94. The lowest BCUT2D eigenvalue weighted by atomic mass is 10.2. The predicted molar refractivity (Wildman–Crippen MR) is 171 cm³/mol. The molecular formula is C33H52N2O11. The van der Waals surface area contributed by atoms with Crippen LogP contribution in [-0.2, 0) is 55.8 Å². The highest BCUT2D eigenvalue weighted by molar-refractivity contribution is 5.67. The smallest absolute Gasteiger partial charge is 0.407 e. The fraction of sp³-hybridized carbons (Fsp3) is 0.606. The molecule has 2 aromatic carbocycles. The summed E-state index contributed by atoms with van der Waals surface area (Å²) in [5.74, 6) is 0.730. The third-order valence-electron chi connectivity index (χ3n) is 5.94. The Kier molecular flexibility index (Phi) is 25.3. The zero-order valence-corrected chi connectivity index (χ0v) is 26.9. The van der Waals surface area contributed by atoms with Gasteiger partial charge in [-0.1, -0.05) is 42.5 Å². The molecule has 0 aliphatic rings. The quantitative estimate of drug-likeness (QED) is 0.115. The van der Waals surface area contributed by atoms with Crippen LogP contribution in [0.15, 0.2) is 54.6 Å². The van der Waals surface area contributed by atoms with E-state index in [4.69, 9.17) is 53.1 Å². The number of hydrogen-bond donors (Lipinski definition) is 2. The molecule has 0 unspecified atom stereocenters. The molecule has 0 radical (unpaired) electrons. The maximum atomic E-state index is 11.9. The van der Waals surface area contributed by atoms with Crippen LogP contribution in [0.25, 0.3) is 0 Å². The highest BCUT2D eigenvalue weighted by Crippen LogP contribution is 2.12. The maximum Gasteiger partial charge on any atom is 0.407 e. The molecule has 0 fully saturated rings. The number of alkyl carbamates (subject to hydrolysis) is 1. The van der Waals surface area contributed by atoms with E-state index in [1.807, 2.05) is 54.6 Å². The molecule has 0 bridgehead atoms. The van der Waals surface area contributed by atoms with Gasteiger partial charge in [0.05, 0.1) is 106 Å². The van der Waals surface area contributed by atoms with Crippen molar-refractivity contribution in [1.29, 1.82) is 0 Å². The first-order valence-corrected chi connectivity index (χ1v) is 15.8. The van der Waals surface area contributed by atoms with Crippen molar-refractivity contribution in [2.45, 2.75) is 13.2 Å². The first-order chi connectivity index (χ1) is 22.8. The van der Waals surface area contributed by atoms with Gasteiger partial charge in [-0.05, 0) is 23.3 Å². The summed E-state index contributed by atoms with van der Waals surface area (Å²) in [7, 11) is 0.